The van der Waals surface area contributed by atoms with Crippen LogP contribution in [0.2, 0.25) is 10.0 Å². The van der Waals surface area contributed by atoms with Crippen LogP contribution in [0.4, 0.5) is 5.69 Å². The molecule has 27 heavy (non-hydrogen) atoms. The molecule has 0 spiro atoms. The number of aryl methyl sites for hydroxylation is 1. The van der Waals surface area contributed by atoms with Gasteiger partial charge in [-0.3, -0.25) is 4.79 Å². The van der Waals surface area contributed by atoms with E-state index in [1.165, 1.54) is 11.8 Å². The van der Waals surface area contributed by atoms with E-state index in [1.54, 1.807) is 37.3 Å². The van der Waals surface area contributed by atoms with E-state index in [9.17, 15) is 9.90 Å². The topological polar surface area (TPSA) is 70.9 Å². The lowest BCUT2D eigenvalue weighted by Gasteiger charge is -2.08. The summed E-state index contributed by atoms with van der Waals surface area (Å²) in [6, 6.07) is 8.56. The molecule has 8 heteroatoms. The van der Waals surface area contributed by atoms with Crippen LogP contribution in [0.1, 0.15) is 18.1 Å². The highest BCUT2D eigenvalue weighted by atomic mass is 35.5. The molecule has 1 saturated heterocycles. The number of carbonyl (C=O) groups is 1. The molecule has 1 aliphatic rings. The fourth-order valence-corrected chi connectivity index (χ4v) is 3.71. The first-order valence-corrected chi connectivity index (χ1v) is 9.65. The van der Waals surface area contributed by atoms with Gasteiger partial charge in [0.15, 0.2) is 16.7 Å². The van der Waals surface area contributed by atoms with Gasteiger partial charge in [0.2, 0.25) is 0 Å². The average molecular weight is 423 g/mol. The highest BCUT2D eigenvalue weighted by Crippen LogP contribution is 2.37. The fraction of sp³-hybridized carbons (Fsp3) is 0.158. The summed E-state index contributed by atoms with van der Waals surface area (Å²) in [4.78, 5) is 17.2. The molecule has 1 aliphatic heterocycles. The molecule has 0 saturated carbocycles. The Bertz CT molecular complexity index is 974. The number of nitrogens with one attached hydrogen (secondary N) is 1. The van der Waals surface area contributed by atoms with E-state index in [0.29, 0.717) is 27.3 Å². The van der Waals surface area contributed by atoms with Crippen molar-refractivity contribution in [2.45, 2.75) is 13.8 Å². The van der Waals surface area contributed by atoms with Crippen molar-refractivity contribution in [2.24, 2.45) is 4.99 Å². The molecule has 0 bridgehead atoms. The molecule has 5 nitrogen and oxygen atoms in total. The zero-order valence-corrected chi connectivity index (χ0v) is 16.9. The summed E-state index contributed by atoms with van der Waals surface area (Å²) in [6.45, 7) is 4.09. The van der Waals surface area contributed by atoms with Crippen molar-refractivity contribution < 1.29 is 14.6 Å². The van der Waals surface area contributed by atoms with E-state index in [1.807, 2.05) is 13.0 Å². The third kappa shape index (κ3) is 4.58. The maximum atomic E-state index is 12.3. The Morgan fingerprint density at radius 2 is 2.07 bits per heavy atom. The predicted octanol–water partition coefficient (Wildman–Crippen LogP) is 5.30. The van der Waals surface area contributed by atoms with Crippen LogP contribution in [0.25, 0.3) is 6.08 Å². The lowest BCUT2D eigenvalue weighted by atomic mass is 10.2. The van der Waals surface area contributed by atoms with Crippen molar-refractivity contribution >= 4 is 57.8 Å². The number of halogens is 2. The molecule has 2 N–H and O–H groups in total. The Hall–Kier alpha value is -2.15. The van der Waals surface area contributed by atoms with E-state index in [4.69, 9.17) is 27.9 Å². The van der Waals surface area contributed by atoms with Gasteiger partial charge in [-0.2, -0.15) is 0 Å². The van der Waals surface area contributed by atoms with Gasteiger partial charge in [0.05, 0.1) is 22.2 Å². The average Bonchev–Trinajstić information content (AvgIpc) is 2.94. The number of aliphatic imine (C=N–C) groups is 1. The minimum Gasteiger partial charge on any atom is -0.503 e. The standard InChI is InChI=1S/C19H16Cl2N2O3S/c1-3-26-15-8-11(7-13(21)17(15)24)9-16-18(25)23-19(27-16)22-14-5-4-12(20)6-10(14)2/h4-9,24H,3H2,1-2H3,(H,22,23,25)/b16-9-. The number of phenolic OH excluding ortho intramolecular Hbond substituents is 1. The molecule has 1 heterocycles. The van der Waals surface area contributed by atoms with Crippen LogP contribution in [0.3, 0.4) is 0 Å². The smallest absolute Gasteiger partial charge is 0.264 e. The van der Waals surface area contributed by atoms with Gasteiger partial charge in [-0.05, 0) is 73.1 Å². The molecule has 140 valence electrons. The quantitative estimate of drug-likeness (QED) is 0.655. The summed E-state index contributed by atoms with van der Waals surface area (Å²) in [5.41, 5.74) is 2.28. The predicted molar refractivity (Wildman–Crippen MR) is 111 cm³/mol. The van der Waals surface area contributed by atoms with Gasteiger partial charge in [0, 0.05) is 5.02 Å². The number of amides is 1. The molecule has 0 aromatic heterocycles. The number of ether oxygens (including phenoxy) is 1. The van der Waals surface area contributed by atoms with Gasteiger partial charge < -0.3 is 15.2 Å². The summed E-state index contributed by atoms with van der Waals surface area (Å²) in [5, 5.41) is 13.9. The number of rotatable bonds is 4. The zero-order valence-electron chi connectivity index (χ0n) is 14.5. The molecule has 0 unspecified atom stereocenters. The van der Waals surface area contributed by atoms with Crippen LogP contribution in [-0.4, -0.2) is 22.8 Å². The zero-order chi connectivity index (χ0) is 19.6. The molecule has 0 atom stereocenters. The first-order chi connectivity index (χ1) is 12.9. The Labute approximate surface area is 171 Å². The second-order valence-electron chi connectivity index (χ2n) is 5.70. The van der Waals surface area contributed by atoms with Crippen molar-refractivity contribution in [3.63, 3.8) is 0 Å². The molecule has 1 fully saturated rings. The van der Waals surface area contributed by atoms with Gasteiger partial charge in [0.25, 0.3) is 5.91 Å². The Morgan fingerprint density at radius 1 is 1.30 bits per heavy atom. The van der Waals surface area contributed by atoms with Gasteiger partial charge in [-0.1, -0.05) is 23.2 Å². The number of aromatic hydroxyl groups is 1. The third-order valence-electron chi connectivity index (χ3n) is 3.68. The van der Waals surface area contributed by atoms with Gasteiger partial charge in [0.1, 0.15) is 0 Å². The van der Waals surface area contributed by atoms with Crippen LogP contribution in [0.15, 0.2) is 40.2 Å². The number of thioether (sulfide) groups is 1. The minimum absolute atomic E-state index is 0.121. The van der Waals surface area contributed by atoms with Crippen LogP contribution in [0, 0.1) is 6.92 Å². The van der Waals surface area contributed by atoms with Crippen molar-refractivity contribution in [1.29, 1.82) is 0 Å². The summed E-state index contributed by atoms with van der Waals surface area (Å²) in [7, 11) is 0. The minimum atomic E-state index is -0.257. The normalized spacial score (nSPS) is 16.8. The van der Waals surface area contributed by atoms with E-state index < -0.39 is 0 Å². The summed E-state index contributed by atoms with van der Waals surface area (Å²) in [6.07, 6.45) is 1.67. The second kappa shape index (κ2) is 8.25. The van der Waals surface area contributed by atoms with Crippen LogP contribution in [0.5, 0.6) is 11.5 Å². The van der Waals surface area contributed by atoms with E-state index in [0.717, 1.165) is 11.3 Å². The fourth-order valence-electron chi connectivity index (χ4n) is 2.43. The molecule has 1 amide bonds. The van der Waals surface area contributed by atoms with Gasteiger partial charge >= 0.3 is 0 Å². The number of carbonyl (C=O) groups excluding carboxylic acids is 1. The molecule has 2 aromatic rings. The first kappa shape index (κ1) is 19.6. The molecule has 0 aliphatic carbocycles. The monoisotopic (exact) mass is 422 g/mol. The number of hydrogen-bond donors (Lipinski definition) is 2. The third-order valence-corrected chi connectivity index (χ3v) is 5.11. The van der Waals surface area contributed by atoms with Crippen LogP contribution < -0.4 is 10.1 Å². The van der Waals surface area contributed by atoms with Crippen molar-refractivity contribution in [1.82, 2.24) is 5.32 Å². The highest BCUT2D eigenvalue weighted by molar-refractivity contribution is 8.18. The lowest BCUT2D eigenvalue weighted by molar-refractivity contribution is -0.115. The lowest BCUT2D eigenvalue weighted by Crippen LogP contribution is -2.19. The van der Waals surface area contributed by atoms with E-state index >= 15 is 0 Å². The van der Waals surface area contributed by atoms with Crippen molar-refractivity contribution in [2.75, 3.05) is 6.61 Å². The SMILES string of the molecule is CCOc1cc(/C=C2\SC(=Nc3ccc(Cl)cc3C)NC2=O)cc(Cl)c1O. The number of phenols is 1. The number of hydrogen-bond acceptors (Lipinski definition) is 5. The van der Waals surface area contributed by atoms with Gasteiger partial charge in [-0.25, -0.2) is 4.99 Å². The number of amidine groups is 1. The van der Waals surface area contributed by atoms with Gasteiger partial charge in [-0.15, -0.1) is 0 Å². The van der Waals surface area contributed by atoms with Crippen molar-refractivity contribution in [3.05, 3.63) is 56.4 Å². The molecule has 3 rings (SSSR count). The summed E-state index contributed by atoms with van der Waals surface area (Å²) < 4.78 is 5.37. The number of benzene rings is 2. The van der Waals surface area contributed by atoms with Crippen LogP contribution in [-0.2, 0) is 4.79 Å². The van der Waals surface area contributed by atoms with E-state index in [2.05, 4.69) is 10.3 Å². The Morgan fingerprint density at radius 3 is 2.78 bits per heavy atom. The van der Waals surface area contributed by atoms with E-state index in [-0.39, 0.29) is 22.4 Å². The molecular formula is C19H16Cl2N2O3S. The molecular weight excluding hydrogens is 407 g/mol. The summed E-state index contributed by atoms with van der Waals surface area (Å²) >= 11 is 13.2. The summed E-state index contributed by atoms with van der Waals surface area (Å²) in [5.74, 6) is -0.108. The maximum Gasteiger partial charge on any atom is 0.264 e. The number of nitrogens with zero attached hydrogens (tertiary/aromatic N) is 1. The maximum absolute atomic E-state index is 12.3. The Kier molecular flexibility index (Phi) is 5.99. The van der Waals surface area contributed by atoms with Crippen LogP contribution >= 0.6 is 35.0 Å². The second-order valence-corrected chi connectivity index (χ2v) is 7.57. The van der Waals surface area contributed by atoms with Crippen molar-refractivity contribution in [3.8, 4) is 11.5 Å². The first-order valence-electron chi connectivity index (χ1n) is 8.08. The highest BCUT2D eigenvalue weighted by Gasteiger charge is 2.24. The molecule has 0 radical (unpaired) electrons. The largest absolute Gasteiger partial charge is 0.503 e. The Balaban J connectivity index is 1.88. The molecule has 2 aromatic carbocycles.